The summed E-state index contributed by atoms with van der Waals surface area (Å²) in [7, 11) is 1.54. The molecule has 0 unspecified atom stereocenters. The lowest BCUT2D eigenvalue weighted by molar-refractivity contribution is 0.0479. The van der Waals surface area contributed by atoms with Crippen LogP contribution in [-0.2, 0) is 17.6 Å². The van der Waals surface area contributed by atoms with E-state index < -0.39 is 5.97 Å². The van der Waals surface area contributed by atoms with Crippen molar-refractivity contribution in [3.8, 4) is 5.75 Å². The van der Waals surface area contributed by atoms with Gasteiger partial charge in [0.2, 0.25) is 0 Å². The predicted molar refractivity (Wildman–Crippen MR) is 88.6 cm³/mol. The number of fused-ring (bicyclic) bond motifs is 1. The van der Waals surface area contributed by atoms with Crippen molar-refractivity contribution in [2.24, 2.45) is 0 Å². The maximum atomic E-state index is 12.1. The number of esters is 1. The van der Waals surface area contributed by atoms with E-state index in [1.54, 1.807) is 31.4 Å². The van der Waals surface area contributed by atoms with Crippen LogP contribution in [0.15, 0.2) is 30.3 Å². The molecule has 1 heterocycles. The van der Waals surface area contributed by atoms with E-state index in [-0.39, 0.29) is 12.4 Å². The summed E-state index contributed by atoms with van der Waals surface area (Å²) in [5, 5.41) is 0. The molecule has 0 amide bonds. The molecule has 4 nitrogen and oxygen atoms in total. The quantitative estimate of drug-likeness (QED) is 0.620. The minimum absolute atomic E-state index is 0.237. The Morgan fingerprint density at radius 1 is 1.17 bits per heavy atom. The van der Waals surface area contributed by atoms with Crippen LogP contribution in [0, 0.1) is 0 Å². The molecular weight excluding hydrogens is 312 g/mol. The Kier molecular flexibility index (Phi) is 4.76. The fraction of sp³-hybridized carbons (Fsp3) is 0.333. The summed E-state index contributed by atoms with van der Waals surface area (Å²) in [6, 6.07) is 8.74. The Hall–Kier alpha value is -2.14. The van der Waals surface area contributed by atoms with Gasteiger partial charge in [-0.1, -0.05) is 12.1 Å². The van der Waals surface area contributed by atoms with Crippen LogP contribution < -0.4 is 4.74 Å². The third kappa shape index (κ3) is 3.62. The largest absolute Gasteiger partial charge is 0.497 e. The molecule has 1 aromatic heterocycles. The zero-order chi connectivity index (χ0) is 16.2. The second-order valence-electron chi connectivity index (χ2n) is 5.50. The average molecular weight is 330 g/mol. The minimum atomic E-state index is -0.416. The van der Waals surface area contributed by atoms with Crippen LogP contribution in [0.2, 0.25) is 0 Å². The molecule has 0 spiro atoms. The number of thiophene rings is 1. The maximum absolute atomic E-state index is 12.1. The molecule has 0 aliphatic heterocycles. The first-order valence-electron chi connectivity index (χ1n) is 7.63. The van der Waals surface area contributed by atoms with E-state index in [1.807, 2.05) is 6.07 Å². The van der Waals surface area contributed by atoms with Crippen LogP contribution in [0.5, 0.6) is 5.75 Å². The van der Waals surface area contributed by atoms with Crippen LogP contribution in [0.3, 0.4) is 0 Å². The molecule has 1 aliphatic rings. The number of Topliss-reactive ketones (excluding diaryl/α,β-unsaturated/α-hetero) is 1. The summed E-state index contributed by atoms with van der Waals surface area (Å²) >= 11 is 1.49. The lowest BCUT2D eigenvalue weighted by Gasteiger charge is -2.08. The van der Waals surface area contributed by atoms with Crippen molar-refractivity contribution in [3.05, 3.63) is 51.2 Å². The zero-order valence-electron chi connectivity index (χ0n) is 13.0. The maximum Gasteiger partial charge on any atom is 0.348 e. The zero-order valence-corrected chi connectivity index (χ0v) is 13.8. The summed E-state index contributed by atoms with van der Waals surface area (Å²) in [5.41, 5.74) is 1.73. The second kappa shape index (κ2) is 6.96. The minimum Gasteiger partial charge on any atom is -0.497 e. The Bertz CT molecular complexity index is 709. The molecule has 2 aromatic rings. The third-order valence-electron chi connectivity index (χ3n) is 3.92. The van der Waals surface area contributed by atoms with Crippen molar-refractivity contribution >= 4 is 23.1 Å². The summed E-state index contributed by atoms with van der Waals surface area (Å²) in [6.45, 7) is -0.255. The fourth-order valence-electron chi connectivity index (χ4n) is 2.67. The van der Waals surface area contributed by atoms with Crippen molar-refractivity contribution in [1.29, 1.82) is 0 Å². The van der Waals surface area contributed by atoms with Gasteiger partial charge in [-0.3, -0.25) is 4.79 Å². The standard InChI is InChI=1S/C18H18O4S/c1-21-14-7-4-6-12(9-14)15(19)11-22-18(20)17-10-13-5-2-3-8-16(13)23-17/h4,6-7,9-10H,2-3,5,8,11H2,1H3. The third-order valence-corrected chi connectivity index (χ3v) is 5.14. The number of ketones is 1. The van der Waals surface area contributed by atoms with Crippen molar-refractivity contribution in [1.82, 2.24) is 0 Å². The van der Waals surface area contributed by atoms with Gasteiger partial charge in [0.25, 0.3) is 0 Å². The van der Waals surface area contributed by atoms with Crippen molar-refractivity contribution in [3.63, 3.8) is 0 Å². The fourth-order valence-corrected chi connectivity index (χ4v) is 3.82. The van der Waals surface area contributed by atoms with Crippen LogP contribution in [0.25, 0.3) is 0 Å². The highest BCUT2D eigenvalue weighted by molar-refractivity contribution is 7.14. The predicted octanol–water partition coefficient (Wildman–Crippen LogP) is 3.68. The molecular formula is C18H18O4S. The second-order valence-corrected chi connectivity index (χ2v) is 6.63. The first-order chi connectivity index (χ1) is 11.2. The SMILES string of the molecule is COc1cccc(C(=O)COC(=O)c2cc3c(s2)CCCC3)c1. The molecule has 3 rings (SSSR count). The van der Waals surface area contributed by atoms with Crippen LogP contribution in [0.4, 0.5) is 0 Å². The number of hydrogen-bond acceptors (Lipinski definition) is 5. The number of methoxy groups -OCH3 is 1. The lowest BCUT2D eigenvalue weighted by atomic mass is 9.99. The number of carbonyl (C=O) groups excluding carboxylic acids is 2. The number of ether oxygens (including phenoxy) is 2. The normalized spacial score (nSPS) is 13.3. The van der Waals surface area contributed by atoms with E-state index >= 15 is 0 Å². The van der Waals surface area contributed by atoms with Gasteiger partial charge in [-0.25, -0.2) is 4.79 Å². The van der Waals surface area contributed by atoms with Gasteiger partial charge in [0.15, 0.2) is 12.4 Å². The van der Waals surface area contributed by atoms with Crippen molar-refractivity contribution < 1.29 is 19.1 Å². The highest BCUT2D eigenvalue weighted by atomic mass is 32.1. The van der Waals surface area contributed by atoms with Gasteiger partial charge in [-0.2, -0.15) is 0 Å². The molecule has 0 N–H and O–H groups in total. The van der Waals surface area contributed by atoms with Gasteiger partial charge in [-0.15, -0.1) is 11.3 Å². The molecule has 1 aromatic carbocycles. The molecule has 23 heavy (non-hydrogen) atoms. The van der Waals surface area contributed by atoms with Gasteiger partial charge < -0.3 is 9.47 Å². The van der Waals surface area contributed by atoms with E-state index in [1.165, 1.54) is 34.6 Å². The first kappa shape index (κ1) is 15.7. The van der Waals surface area contributed by atoms with E-state index in [4.69, 9.17) is 9.47 Å². The van der Waals surface area contributed by atoms with Crippen molar-refractivity contribution in [2.45, 2.75) is 25.7 Å². The number of rotatable bonds is 5. The smallest absolute Gasteiger partial charge is 0.348 e. The molecule has 1 aliphatic carbocycles. The van der Waals surface area contributed by atoms with E-state index in [0.29, 0.717) is 16.2 Å². The highest BCUT2D eigenvalue weighted by Gasteiger charge is 2.19. The van der Waals surface area contributed by atoms with E-state index in [9.17, 15) is 9.59 Å². The van der Waals surface area contributed by atoms with E-state index in [2.05, 4.69) is 0 Å². The number of hydrogen-bond donors (Lipinski definition) is 0. The summed E-state index contributed by atoms with van der Waals surface area (Å²) in [5.74, 6) is -0.0488. The van der Waals surface area contributed by atoms with Crippen molar-refractivity contribution in [2.75, 3.05) is 13.7 Å². The molecule has 0 fully saturated rings. The Morgan fingerprint density at radius 2 is 2.00 bits per heavy atom. The summed E-state index contributed by atoms with van der Waals surface area (Å²) < 4.78 is 10.3. The van der Waals surface area contributed by atoms with Gasteiger partial charge in [0, 0.05) is 10.4 Å². The first-order valence-corrected chi connectivity index (χ1v) is 8.45. The van der Waals surface area contributed by atoms with Gasteiger partial charge in [0.05, 0.1) is 7.11 Å². The number of aryl methyl sites for hydroxylation is 2. The lowest BCUT2D eigenvalue weighted by Crippen LogP contribution is -2.13. The molecule has 0 radical (unpaired) electrons. The van der Waals surface area contributed by atoms with Gasteiger partial charge >= 0.3 is 5.97 Å². The summed E-state index contributed by atoms with van der Waals surface area (Å²) in [4.78, 5) is 26.1. The molecule has 0 saturated carbocycles. The van der Waals surface area contributed by atoms with Crippen LogP contribution >= 0.6 is 11.3 Å². The number of carbonyl (C=O) groups is 2. The van der Waals surface area contributed by atoms with Gasteiger partial charge in [0.1, 0.15) is 10.6 Å². The average Bonchev–Trinajstić information content (AvgIpc) is 3.03. The monoisotopic (exact) mass is 330 g/mol. The van der Waals surface area contributed by atoms with E-state index in [0.717, 1.165) is 12.8 Å². The number of benzene rings is 1. The summed E-state index contributed by atoms with van der Waals surface area (Å²) in [6.07, 6.45) is 4.42. The molecule has 0 atom stereocenters. The molecule has 120 valence electrons. The Balaban J connectivity index is 1.62. The van der Waals surface area contributed by atoms with Gasteiger partial charge in [-0.05, 0) is 49.4 Å². The Labute approximate surface area is 139 Å². The molecule has 5 heteroatoms. The highest BCUT2D eigenvalue weighted by Crippen LogP contribution is 2.30. The van der Waals surface area contributed by atoms with Crippen LogP contribution in [-0.4, -0.2) is 25.5 Å². The van der Waals surface area contributed by atoms with Crippen LogP contribution in [0.1, 0.15) is 43.3 Å². The molecule has 0 bridgehead atoms. The molecule has 0 saturated heterocycles. The topological polar surface area (TPSA) is 52.6 Å². The Morgan fingerprint density at radius 3 is 2.78 bits per heavy atom.